The molecule has 3 aliphatic rings. The summed E-state index contributed by atoms with van der Waals surface area (Å²) in [6, 6.07) is 39.0. The van der Waals surface area contributed by atoms with E-state index in [0.717, 1.165) is 59.8 Å². The first-order chi connectivity index (χ1) is 30.7. The van der Waals surface area contributed by atoms with Gasteiger partial charge in [0.2, 0.25) is 0 Å². The average Bonchev–Trinajstić information content (AvgIpc) is 3.32. The third kappa shape index (κ3) is 12.3. The van der Waals surface area contributed by atoms with E-state index in [0.29, 0.717) is 0 Å². The highest BCUT2D eigenvalue weighted by molar-refractivity contribution is 5.73. The van der Waals surface area contributed by atoms with Crippen molar-refractivity contribution in [1.29, 1.82) is 0 Å². The second-order valence-corrected chi connectivity index (χ2v) is 17.7. The summed E-state index contributed by atoms with van der Waals surface area (Å²) in [5.41, 5.74) is 12.3. The Kier molecular flexibility index (Phi) is 17.7. The van der Waals surface area contributed by atoms with Crippen LogP contribution in [0, 0.1) is 23.7 Å². The highest BCUT2D eigenvalue weighted by Gasteiger charge is 2.43. The molecule has 0 atom stereocenters. The van der Waals surface area contributed by atoms with Crippen molar-refractivity contribution in [2.75, 3.05) is 13.2 Å². The fourth-order valence-corrected chi connectivity index (χ4v) is 9.60. The fourth-order valence-electron chi connectivity index (χ4n) is 9.60. The highest BCUT2D eigenvalue weighted by atomic mass is 16.5. The van der Waals surface area contributed by atoms with Gasteiger partial charge in [0.05, 0.1) is 13.2 Å². The van der Waals surface area contributed by atoms with Crippen molar-refractivity contribution >= 4 is 0 Å². The fraction of sp³-hybridized carbons (Fsp3) is 0.433. The highest BCUT2D eigenvalue weighted by Crippen LogP contribution is 2.58. The second kappa shape index (κ2) is 24.5. The predicted octanol–water partition coefficient (Wildman–Crippen LogP) is 16.1. The van der Waals surface area contributed by atoms with Gasteiger partial charge in [-0.1, -0.05) is 202 Å². The normalized spacial score (nSPS) is 14.2. The van der Waals surface area contributed by atoms with E-state index in [-0.39, 0.29) is 11.8 Å². The summed E-state index contributed by atoms with van der Waals surface area (Å²) in [5, 5.41) is 0. The van der Waals surface area contributed by atoms with Crippen LogP contribution in [0.2, 0.25) is 0 Å². The molecule has 2 bridgehead atoms. The molecule has 0 N–H and O–H groups in total. The van der Waals surface area contributed by atoms with Crippen LogP contribution in [0.4, 0.5) is 0 Å². The van der Waals surface area contributed by atoms with Gasteiger partial charge in [0.25, 0.3) is 0 Å². The molecule has 3 aliphatic carbocycles. The zero-order chi connectivity index (χ0) is 42.6. The Morgan fingerprint density at radius 3 is 1.18 bits per heavy atom. The minimum Gasteiger partial charge on any atom is -0.494 e. The molecule has 0 saturated carbocycles. The van der Waals surface area contributed by atoms with Gasteiger partial charge in [0.15, 0.2) is 0 Å². The van der Waals surface area contributed by atoms with Crippen molar-refractivity contribution < 1.29 is 9.47 Å². The predicted molar refractivity (Wildman–Crippen MR) is 261 cm³/mol. The minimum absolute atomic E-state index is 0.135. The Hall–Kier alpha value is -5.18. The summed E-state index contributed by atoms with van der Waals surface area (Å²) in [6.45, 7) is 6.10. The molecule has 0 aliphatic heterocycles. The third-order valence-electron chi connectivity index (χ3n) is 13.0. The van der Waals surface area contributed by atoms with E-state index < -0.39 is 0 Å². The van der Waals surface area contributed by atoms with E-state index in [2.05, 4.69) is 135 Å². The van der Waals surface area contributed by atoms with Crippen LogP contribution in [0.25, 0.3) is 0 Å². The van der Waals surface area contributed by atoms with Gasteiger partial charge in [-0.05, 0) is 101 Å². The van der Waals surface area contributed by atoms with Gasteiger partial charge in [0, 0.05) is 39.7 Å². The summed E-state index contributed by atoms with van der Waals surface area (Å²) in [7, 11) is 0. The van der Waals surface area contributed by atoms with Crippen molar-refractivity contribution in [2.45, 2.75) is 154 Å². The molecule has 0 saturated heterocycles. The van der Waals surface area contributed by atoms with Crippen molar-refractivity contribution in [2.24, 2.45) is 0 Å². The monoisotopic (exact) mass is 823 g/mol. The van der Waals surface area contributed by atoms with Gasteiger partial charge in [-0.3, -0.25) is 0 Å². The lowest BCUT2D eigenvalue weighted by Gasteiger charge is -2.43. The Bertz CT molecular complexity index is 2210. The van der Waals surface area contributed by atoms with Crippen LogP contribution in [0.1, 0.15) is 210 Å². The van der Waals surface area contributed by atoms with Crippen LogP contribution in [-0.4, -0.2) is 13.2 Å². The molecule has 2 heteroatoms. The molecule has 0 amide bonds. The summed E-state index contributed by atoms with van der Waals surface area (Å²) in [4.78, 5) is 0. The lowest BCUT2D eigenvalue weighted by molar-refractivity contribution is 0.300. The van der Waals surface area contributed by atoms with E-state index in [1.807, 2.05) is 12.1 Å². The summed E-state index contributed by atoms with van der Waals surface area (Å²) >= 11 is 0. The van der Waals surface area contributed by atoms with E-state index in [9.17, 15) is 0 Å². The number of rotatable bonds is 24. The molecule has 0 unspecified atom stereocenters. The topological polar surface area (TPSA) is 18.5 Å². The van der Waals surface area contributed by atoms with E-state index in [4.69, 9.17) is 9.47 Å². The zero-order valence-electron chi connectivity index (χ0n) is 37.9. The maximum atomic E-state index is 6.73. The first-order valence-corrected chi connectivity index (χ1v) is 24.6. The SMILES string of the molecule is CCCCCCCCCCCCOc1ccc(C#Cc2ccc(C#Cc3ccc(OCCCCCCCCCCCC)c4c3C3c5ccccc5C4c4ccccc43)cc2)cc1. The molecule has 2 nitrogen and oxygen atoms in total. The quantitative estimate of drug-likeness (QED) is 0.0446. The smallest absolute Gasteiger partial charge is 0.123 e. The van der Waals surface area contributed by atoms with Crippen LogP contribution in [0.15, 0.2) is 109 Å². The summed E-state index contributed by atoms with van der Waals surface area (Å²) < 4.78 is 12.7. The first-order valence-electron chi connectivity index (χ1n) is 24.6. The molecule has 5 aromatic carbocycles. The van der Waals surface area contributed by atoms with Crippen molar-refractivity contribution in [3.8, 4) is 35.2 Å². The third-order valence-corrected chi connectivity index (χ3v) is 13.0. The maximum Gasteiger partial charge on any atom is 0.123 e. The van der Waals surface area contributed by atoms with Gasteiger partial charge in [0.1, 0.15) is 11.5 Å². The lowest BCUT2D eigenvalue weighted by atomic mass is 9.60. The molecule has 0 heterocycles. The van der Waals surface area contributed by atoms with Crippen LogP contribution in [-0.2, 0) is 0 Å². The van der Waals surface area contributed by atoms with Crippen LogP contribution in [0.5, 0.6) is 11.5 Å². The molecular weight excluding hydrogens is 753 g/mol. The Morgan fingerprint density at radius 1 is 0.355 bits per heavy atom. The molecule has 0 fully saturated rings. The van der Waals surface area contributed by atoms with Gasteiger partial charge in [-0.15, -0.1) is 0 Å². The number of hydrogen-bond acceptors (Lipinski definition) is 2. The number of hydrogen-bond donors (Lipinski definition) is 0. The molecular formula is C60H70O2. The standard InChI is InChI=1S/C60H70O2/c1-3-5-7-9-11-13-15-17-19-25-45-61-51-42-38-49(39-43-51)36-33-47-31-34-48(35-32-47)37-40-50-41-44-56(62-46-26-20-18-16-14-12-10-8-6-4-2)60-57(50)58-52-27-21-23-29-54(52)59(60)55-30-24-22-28-53(55)58/h21-24,27-32,34-35,38-39,41-44,58-59H,3-20,25-26,45-46H2,1-2H3. The second-order valence-electron chi connectivity index (χ2n) is 17.7. The summed E-state index contributed by atoms with van der Waals surface area (Å²) in [5.74, 6) is 16.1. The summed E-state index contributed by atoms with van der Waals surface area (Å²) in [6.07, 6.45) is 26.5. The molecule has 0 radical (unpaired) electrons. The van der Waals surface area contributed by atoms with Gasteiger partial charge in [-0.2, -0.15) is 0 Å². The molecule has 5 aromatic rings. The maximum absolute atomic E-state index is 6.73. The van der Waals surface area contributed by atoms with Crippen molar-refractivity contribution in [3.63, 3.8) is 0 Å². The zero-order valence-corrected chi connectivity index (χ0v) is 37.9. The number of ether oxygens (including phenoxy) is 2. The van der Waals surface area contributed by atoms with Crippen LogP contribution in [0.3, 0.4) is 0 Å². The van der Waals surface area contributed by atoms with Crippen LogP contribution < -0.4 is 9.47 Å². The number of benzene rings is 5. The lowest BCUT2D eigenvalue weighted by Crippen LogP contribution is -2.29. The molecule has 0 aromatic heterocycles. The molecule has 62 heavy (non-hydrogen) atoms. The van der Waals surface area contributed by atoms with Crippen LogP contribution >= 0.6 is 0 Å². The molecule has 8 rings (SSSR count). The molecule has 0 spiro atoms. The Balaban J connectivity index is 0.965. The van der Waals surface area contributed by atoms with E-state index in [1.54, 1.807) is 0 Å². The average molecular weight is 823 g/mol. The largest absolute Gasteiger partial charge is 0.494 e. The van der Waals surface area contributed by atoms with E-state index in [1.165, 1.54) is 149 Å². The van der Waals surface area contributed by atoms with Crippen molar-refractivity contribution in [3.05, 3.63) is 165 Å². The van der Waals surface area contributed by atoms with Gasteiger partial charge < -0.3 is 9.47 Å². The van der Waals surface area contributed by atoms with Gasteiger partial charge in [-0.25, -0.2) is 0 Å². The van der Waals surface area contributed by atoms with Gasteiger partial charge >= 0.3 is 0 Å². The molecule has 322 valence electrons. The van der Waals surface area contributed by atoms with E-state index >= 15 is 0 Å². The Labute approximate surface area is 375 Å². The minimum atomic E-state index is 0.135. The number of unbranched alkanes of at least 4 members (excludes halogenated alkanes) is 18. The van der Waals surface area contributed by atoms with Crippen molar-refractivity contribution in [1.82, 2.24) is 0 Å². The first kappa shape index (κ1) is 44.9. The Morgan fingerprint density at radius 2 is 0.726 bits per heavy atom.